The van der Waals surface area contributed by atoms with Crippen molar-refractivity contribution >= 4 is 17.2 Å². The summed E-state index contributed by atoms with van der Waals surface area (Å²) < 4.78 is 0. The van der Waals surface area contributed by atoms with E-state index in [0.29, 0.717) is 6.42 Å². The Bertz CT molecular complexity index is 270. The minimum Gasteiger partial charge on any atom is -0.277 e. The lowest BCUT2D eigenvalue weighted by molar-refractivity contribution is -0.130. The summed E-state index contributed by atoms with van der Waals surface area (Å²) in [6.07, 6.45) is 0.392. The van der Waals surface area contributed by atoms with E-state index in [-0.39, 0.29) is 5.91 Å². The van der Waals surface area contributed by atoms with Crippen LogP contribution >= 0.6 is 11.3 Å². The first kappa shape index (κ1) is 9.22. The first-order chi connectivity index (χ1) is 5.74. The standard InChI is InChI=1S/C8H11NO2S/c1-6-7(3-4-12-6)5-8(10)9-11-2/h3-4H,5H2,1-2H3,(H,9,10). The molecule has 0 aliphatic carbocycles. The van der Waals surface area contributed by atoms with Gasteiger partial charge in [-0.15, -0.1) is 11.3 Å². The minimum absolute atomic E-state index is 0.112. The Labute approximate surface area is 75.3 Å². The first-order valence-corrected chi connectivity index (χ1v) is 4.47. The quantitative estimate of drug-likeness (QED) is 0.720. The van der Waals surface area contributed by atoms with Crippen LogP contribution in [0.25, 0.3) is 0 Å². The van der Waals surface area contributed by atoms with Gasteiger partial charge in [-0.25, -0.2) is 5.48 Å². The molecule has 0 saturated heterocycles. The Morgan fingerprint density at radius 2 is 2.50 bits per heavy atom. The minimum atomic E-state index is -0.112. The molecule has 1 N–H and O–H groups in total. The van der Waals surface area contributed by atoms with Crippen molar-refractivity contribution in [3.05, 3.63) is 21.9 Å². The van der Waals surface area contributed by atoms with Gasteiger partial charge in [0.2, 0.25) is 5.91 Å². The number of carbonyl (C=O) groups is 1. The Kier molecular flexibility index (Phi) is 3.25. The highest BCUT2D eigenvalue weighted by molar-refractivity contribution is 7.10. The molecule has 4 heteroatoms. The molecule has 0 spiro atoms. The molecule has 0 aliphatic rings. The summed E-state index contributed by atoms with van der Waals surface area (Å²) in [5.41, 5.74) is 3.34. The van der Waals surface area contributed by atoms with Crippen LogP contribution in [0.5, 0.6) is 0 Å². The predicted molar refractivity (Wildman–Crippen MR) is 47.9 cm³/mol. The van der Waals surface area contributed by atoms with Crippen molar-refractivity contribution in [2.75, 3.05) is 7.11 Å². The number of nitrogens with one attached hydrogen (secondary N) is 1. The summed E-state index contributed by atoms with van der Waals surface area (Å²) in [4.78, 5) is 16.7. The second-order valence-corrected chi connectivity index (χ2v) is 3.53. The Morgan fingerprint density at radius 1 is 1.75 bits per heavy atom. The van der Waals surface area contributed by atoms with Crippen molar-refractivity contribution in [2.24, 2.45) is 0 Å². The molecule has 0 radical (unpaired) electrons. The third-order valence-electron chi connectivity index (χ3n) is 1.53. The highest BCUT2D eigenvalue weighted by Crippen LogP contribution is 2.15. The number of thiophene rings is 1. The highest BCUT2D eigenvalue weighted by atomic mass is 32.1. The molecule has 1 heterocycles. The van der Waals surface area contributed by atoms with Crippen molar-refractivity contribution in [3.63, 3.8) is 0 Å². The van der Waals surface area contributed by atoms with Gasteiger partial charge in [0.15, 0.2) is 0 Å². The van der Waals surface area contributed by atoms with E-state index < -0.39 is 0 Å². The maximum Gasteiger partial charge on any atom is 0.247 e. The van der Waals surface area contributed by atoms with Crippen LogP contribution in [0.15, 0.2) is 11.4 Å². The van der Waals surface area contributed by atoms with Crippen LogP contribution in [0.3, 0.4) is 0 Å². The maximum absolute atomic E-state index is 11.0. The Balaban J connectivity index is 2.52. The van der Waals surface area contributed by atoms with Gasteiger partial charge in [-0.2, -0.15) is 0 Å². The van der Waals surface area contributed by atoms with Crippen LogP contribution < -0.4 is 5.48 Å². The number of hydrogen-bond acceptors (Lipinski definition) is 3. The third kappa shape index (κ3) is 2.32. The number of hydroxylamine groups is 1. The molecule has 1 aromatic heterocycles. The SMILES string of the molecule is CONC(=O)Cc1ccsc1C. The molecule has 3 nitrogen and oxygen atoms in total. The van der Waals surface area contributed by atoms with Crippen molar-refractivity contribution in [3.8, 4) is 0 Å². The molecule has 1 amide bonds. The van der Waals surface area contributed by atoms with Gasteiger partial charge < -0.3 is 0 Å². The molecule has 0 bridgehead atoms. The monoisotopic (exact) mass is 185 g/mol. The van der Waals surface area contributed by atoms with Crippen LogP contribution in [0.1, 0.15) is 10.4 Å². The summed E-state index contributed by atoms with van der Waals surface area (Å²) in [6, 6.07) is 1.95. The van der Waals surface area contributed by atoms with Gasteiger partial charge in [0.25, 0.3) is 0 Å². The molecule has 12 heavy (non-hydrogen) atoms. The van der Waals surface area contributed by atoms with Crippen molar-refractivity contribution in [1.29, 1.82) is 0 Å². The first-order valence-electron chi connectivity index (χ1n) is 3.59. The van der Waals surface area contributed by atoms with E-state index in [1.807, 2.05) is 18.4 Å². The molecule has 0 aliphatic heterocycles. The van der Waals surface area contributed by atoms with Gasteiger partial charge in [-0.1, -0.05) is 0 Å². The van der Waals surface area contributed by atoms with Crippen LogP contribution in [0, 0.1) is 6.92 Å². The Morgan fingerprint density at radius 3 is 3.00 bits per heavy atom. The molecule has 1 rings (SSSR count). The van der Waals surface area contributed by atoms with Crippen LogP contribution in [0.2, 0.25) is 0 Å². The lowest BCUT2D eigenvalue weighted by atomic mass is 10.2. The normalized spacial score (nSPS) is 9.83. The summed E-state index contributed by atoms with van der Waals surface area (Å²) >= 11 is 1.64. The zero-order chi connectivity index (χ0) is 8.97. The van der Waals surface area contributed by atoms with E-state index >= 15 is 0 Å². The van der Waals surface area contributed by atoms with E-state index in [0.717, 1.165) is 5.56 Å². The number of amides is 1. The van der Waals surface area contributed by atoms with Crippen molar-refractivity contribution in [1.82, 2.24) is 5.48 Å². The average molecular weight is 185 g/mol. The number of rotatable bonds is 3. The third-order valence-corrected chi connectivity index (χ3v) is 2.42. The van der Waals surface area contributed by atoms with Crippen LogP contribution in [0.4, 0.5) is 0 Å². The zero-order valence-corrected chi connectivity index (χ0v) is 7.90. The van der Waals surface area contributed by atoms with Crippen LogP contribution in [-0.4, -0.2) is 13.0 Å². The van der Waals surface area contributed by atoms with Crippen molar-refractivity contribution < 1.29 is 9.63 Å². The molecule has 0 aromatic carbocycles. The average Bonchev–Trinajstić information content (AvgIpc) is 2.37. The summed E-state index contributed by atoms with van der Waals surface area (Å²) in [7, 11) is 1.43. The van der Waals surface area contributed by atoms with Gasteiger partial charge in [0.05, 0.1) is 13.5 Å². The van der Waals surface area contributed by atoms with Gasteiger partial charge in [-0.05, 0) is 23.9 Å². The largest absolute Gasteiger partial charge is 0.277 e. The fourth-order valence-electron chi connectivity index (χ4n) is 0.918. The highest BCUT2D eigenvalue weighted by Gasteiger charge is 2.05. The molecule has 0 unspecified atom stereocenters. The molecule has 0 atom stereocenters. The van der Waals surface area contributed by atoms with E-state index in [4.69, 9.17) is 0 Å². The lowest BCUT2D eigenvalue weighted by Crippen LogP contribution is -2.23. The molecule has 0 saturated carbocycles. The van der Waals surface area contributed by atoms with E-state index in [9.17, 15) is 4.79 Å². The Hall–Kier alpha value is -0.870. The summed E-state index contributed by atoms with van der Waals surface area (Å²) in [6.45, 7) is 2.00. The molecular weight excluding hydrogens is 174 g/mol. The van der Waals surface area contributed by atoms with E-state index in [1.165, 1.54) is 12.0 Å². The summed E-state index contributed by atoms with van der Waals surface area (Å²) in [5.74, 6) is -0.112. The number of aryl methyl sites for hydroxylation is 1. The van der Waals surface area contributed by atoms with E-state index in [1.54, 1.807) is 11.3 Å². The maximum atomic E-state index is 11.0. The van der Waals surface area contributed by atoms with Gasteiger partial charge in [0, 0.05) is 4.88 Å². The van der Waals surface area contributed by atoms with Gasteiger partial charge in [-0.3, -0.25) is 9.63 Å². The molecule has 1 aromatic rings. The number of carbonyl (C=O) groups excluding carboxylic acids is 1. The van der Waals surface area contributed by atoms with Gasteiger partial charge >= 0.3 is 0 Å². The molecule has 66 valence electrons. The smallest absolute Gasteiger partial charge is 0.247 e. The zero-order valence-electron chi connectivity index (χ0n) is 7.09. The fraction of sp³-hybridized carbons (Fsp3) is 0.375. The molecule has 0 fully saturated rings. The van der Waals surface area contributed by atoms with Crippen molar-refractivity contribution in [2.45, 2.75) is 13.3 Å². The summed E-state index contributed by atoms with van der Waals surface area (Å²) in [5, 5.41) is 1.98. The van der Waals surface area contributed by atoms with Gasteiger partial charge in [0.1, 0.15) is 0 Å². The predicted octanol–water partition coefficient (Wildman–Crippen LogP) is 1.28. The topological polar surface area (TPSA) is 38.3 Å². The van der Waals surface area contributed by atoms with E-state index in [2.05, 4.69) is 10.3 Å². The lowest BCUT2D eigenvalue weighted by Gasteiger charge is -2.00. The van der Waals surface area contributed by atoms with Crippen LogP contribution in [-0.2, 0) is 16.1 Å². The number of hydrogen-bond donors (Lipinski definition) is 1. The second-order valence-electron chi connectivity index (χ2n) is 2.41. The fourth-order valence-corrected chi connectivity index (χ4v) is 1.65. The molecular formula is C8H11NO2S. The second kappa shape index (κ2) is 4.23.